The van der Waals surface area contributed by atoms with Gasteiger partial charge in [-0.2, -0.15) is 25.8 Å². The van der Waals surface area contributed by atoms with Gasteiger partial charge in [-0.25, -0.2) is 0 Å². The molecule has 0 atom stereocenters. The number of hydrogen-bond acceptors (Lipinski definition) is 2. The Morgan fingerprint density at radius 3 is 2.50 bits per heavy atom. The lowest BCUT2D eigenvalue weighted by atomic mass is 10.1. The Morgan fingerprint density at radius 1 is 1.33 bits per heavy atom. The van der Waals surface area contributed by atoms with Gasteiger partial charge >= 0.3 is 6.18 Å². The van der Waals surface area contributed by atoms with Crippen molar-refractivity contribution in [3.63, 3.8) is 0 Å². The Hall–Kier alpha value is -1.17. The fourth-order valence-electron chi connectivity index (χ4n) is 1.56. The van der Waals surface area contributed by atoms with E-state index in [4.69, 9.17) is 0 Å². The number of hydrogen-bond donors (Lipinski definition) is 1. The molecule has 1 aromatic rings. The average Bonchev–Trinajstić information content (AvgIpc) is 2.28. The first-order chi connectivity index (χ1) is 8.36. The molecule has 1 aromatic carbocycles. The first-order valence-corrected chi connectivity index (χ1v) is 5.99. The third-order valence-electron chi connectivity index (χ3n) is 2.48. The summed E-state index contributed by atoms with van der Waals surface area (Å²) in [6.07, 6.45) is -4.18. The molecule has 0 bridgehead atoms. The van der Waals surface area contributed by atoms with Crippen molar-refractivity contribution in [1.29, 1.82) is 0 Å². The molecular weight excluding hydrogens is 263 g/mol. The molecular formula is C12H14F3NOS. The van der Waals surface area contributed by atoms with Crippen LogP contribution in [0.1, 0.15) is 17.5 Å². The summed E-state index contributed by atoms with van der Waals surface area (Å²) >= 11 is 3.92. The van der Waals surface area contributed by atoms with E-state index in [0.29, 0.717) is 5.75 Å². The van der Waals surface area contributed by atoms with Crippen molar-refractivity contribution in [3.05, 3.63) is 35.4 Å². The second-order valence-corrected chi connectivity index (χ2v) is 4.33. The van der Waals surface area contributed by atoms with Crippen LogP contribution in [0.15, 0.2) is 24.3 Å². The van der Waals surface area contributed by atoms with Gasteiger partial charge in [0.1, 0.15) is 0 Å². The second-order valence-electron chi connectivity index (χ2n) is 3.88. The van der Waals surface area contributed by atoms with Crippen LogP contribution in [0.2, 0.25) is 0 Å². The second kappa shape index (κ2) is 6.13. The van der Waals surface area contributed by atoms with Crippen molar-refractivity contribution in [2.24, 2.45) is 0 Å². The van der Waals surface area contributed by atoms with Crippen molar-refractivity contribution in [1.82, 2.24) is 4.90 Å². The van der Waals surface area contributed by atoms with E-state index in [1.807, 2.05) is 0 Å². The number of halogens is 3. The van der Waals surface area contributed by atoms with E-state index in [1.165, 1.54) is 30.1 Å². The highest BCUT2D eigenvalue weighted by Gasteiger charge is 2.33. The molecule has 0 aliphatic heterocycles. The van der Waals surface area contributed by atoms with Gasteiger partial charge < -0.3 is 4.90 Å². The SMILES string of the molecule is CN(Cc1ccccc1C(F)(F)F)C(=O)CCS. The van der Waals surface area contributed by atoms with Crippen LogP contribution >= 0.6 is 12.6 Å². The lowest BCUT2D eigenvalue weighted by Gasteiger charge is -2.20. The molecule has 100 valence electrons. The molecule has 18 heavy (non-hydrogen) atoms. The predicted molar refractivity (Wildman–Crippen MR) is 66.4 cm³/mol. The maximum atomic E-state index is 12.7. The third kappa shape index (κ3) is 3.94. The van der Waals surface area contributed by atoms with E-state index < -0.39 is 11.7 Å². The highest BCUT2D eigenvalue weighted by atomic mass is 32.1. The average molecular weight is 277 g/mol. The molecule has 0 radical (unpaired) electrons. The first kappa shape index (κ1) is 14.9. The number of carbonyl (C=O) groups excluding carboxylic acids is 1. The third-order valence-corrected chi connectivity index (χ3v) is 2.71. The van der Waals surface area contributed by atoms with Crippen molar-refractivity contribution < 1.29 is 18.0 Å². The van der Waals surface area contributed by atoms with Gasteiger partial charge in [0.15, 0.2) is 0 Å². The molecule has 0 fully saturated rings. The molecule has 0 saturated heterocycles. The number of carbonyl (C=O) groups is 1. The molecule has 0 heterocycles. The summed E-state index contributed by atoms with van der Waals surface area (Å²) in [4.78, 5) is 12.8. The summed E-state index contributed by atoms with van der Waals surface area (Å²) in [5.74, 6) is 0.159. The predicted octanol–water partition coefficient (Wildman–Crippen LogP) is 2.98. The fourth-order valence-corrected chi connectivity index (χ4v) is 1.76. The molecule has 0 aromatic heterocycles. The Labute approximate surface area is 109 Å². The van der Waals surface area contributed by atoms with E-state index in [0.717, 1.165) is 6.07 Å². The first-order valence-electron chi connectivity index (χ1n) is 5.36. The minimum atomic E-state index is -4.40. The Morgan fingerprint density at radius 2 is 1.94 bits per heavy atom. The van der Waals surface area contributed by atoms with Crippen LogP contribution in [0.5, 0.6) is 0 Å². The quantitative estimate of drug-likeness (QED) is 0.839. The zero-order chi connectivity index (χ0) is 13.8. The largest absolute Gasteiger partial charge is 0.416 e. The van der Waals surface area contributed by atoms with Crippen LogP contribution in [-0.2, 0) is 17.5 Å². The van der Waals surface area contributed by atoms with Crippen LogP contribution in [0.25, 0.3) is 0 Å². The zero-order valence-corrected chi connectivity index (χ0v) is 10.8. The van der Waals surface area contributed by atoms with Gasteiger partial charge in [0.2, 0.25) is 5.91 Å². The Bertz CT molecular complexity index is 420. The van der Waals surface area contributed by atoms with Gasteiger partial charge in [-0.1, -0.05) is 18.2 Å². The minimum absolute atomic E-state index is 0.0533. The van der Waals surface area contributed by atoms with Gasteiger partial charge in [-0.05, 0) is 17.4 Å². The van der Waals surface area contributed by atoms with Gasteiger partial charge in [-0.15, -0.1) is 0 Å². The van der Waals surface area contributed by atoms with E-state index in [-0.39, 0.29) is 24.4 Å². The molecule has 0 saturated carbocycles. The van der Waals surface area contributed by atoms with Crippen LogP contribution in [0.3, 0.4) is 0 Å². The van der Waals surface area contributed by atoms with Gasteiger partial charge in [-0.3, -0.25) is 4.79 Å². The number of alkyl halides is 3. The molecule has 0 N–H and O–H groups in total. The molecule has 0 spiro atoms. The van der Waals surface area contributed by atoms with Crippen molar-refractivity contribution in [3.8, 4) is 0 Å². The van der Waals surface area contributed by atoms with Crippen molar-refractivity contribution >= 4 is 18.5 Å². The molecule has 1 rings (SSSR count). The summed E-state index contributed by atoms with van der Waals surface area (Å²) in [5.41, 5.74) is -0.601. The summed E-state index contributed by atoms with van der Waals surface area (Å²) in [6, 6.07) is 5.27. The zero-order valence-electron chi connectivity index (χ0n) is 9.87. The molecule has 0 aliphatic rings. The van der Waals surface area contributed by atoms with E-state index in [1.54, 1.807) is 0 Å². The smallest absolute Gasteiger partial charge is 0.341 e. The number of nitrogens with zero attached hydrogens (tertiary/aromatic N) is 1. The van der Waals surface area contributed by atoms with Gasteiger partial charge in [0.05, 0.1) is 5.56 Å². The van der Waals surface area contributed by atoms with Crippen LogP contribution < -0.4 is 0 Å². The Kier molecular flexibility index (Phi) is 5.07. The molecule has 6 heteroatoms. The fraction of sp³-hybridized carbons (Fsp3) is 0.417. The molecule has 2 nitrogen and oxygen atoms in total. The van der Waals surface area contributed by atoms with E-state index >= 15 is 0 Å². The maximum Gasteiger partial charge on any atom is 0.416 e. The number of amides is 1. The lowest BCUT2D eigenvalue weighted by Crippen LogP contribution is -2.27. The number of thiol groups is 1. The van der Waals surface area contributed by atoms with Crippen LogP contribution in [0.4, 0.5) is 13.2 Å². The van der Waals surface area contributed by atoms with E-state index in [2.05, 4.69) is 12.6 Å². The molecule has 1 amide bonds. The summed E-state index contributed by atoms with van der Waals surface area (Å²) in [6.45, 7) is -0.0533. The lowest BCUT2D eigenvalue weighted by molar-refractivity contribution is -0.139. The standard InChI is InChI=1S/C12H14F3NOS/c1-16(11(17)6-7-18)8-9-4-2-3-5-10(9)12(13,14)15/h2-5,18H,6-8H2,1H3. The summed E-state index contributed by atoms with van der Waals surface area (Å²) in [5, 5.41) is 0. The topological polar surface area (TPSA) is 20.3 Å². The summed E-state index contributed by atoms with van der Waals surface area (Å²) in [7, 11) is 1.49. The molecule has 0 unspecified atom stereocenters. The number of benzene rings is 1. The minimum Gasteiger partial charge on any atom is -0.341 e. The van der Waals surface area contributed by atoms with Crippen LogP contribution in [-0.4, -0.2) is 23.6 Å². The highest BCUT2D eigenvalue weighted by Crippen LogP contribution is 2.32. The van der Waals surface area contributed by atoms with Crippen LogP contribution in [0, 0.1) is 0 Å². The summed E-state index contributed by atoms with van der Waals surface area (Å²) < 4.78 is 38.2. The number of rotatable bonds is 4. The Balaban J connectivity index is 2.88. The maximum absolute atomic E-state index is 12.7. The van der Waals surface area contributed by atoms with Crippen molar-refractivity contribution in [2.75, 3.05) is 12.8 Å². The van der Waals surface area contributed by atoms with Crippen molar-refractivity contribution in [2.45, 2.75) is 19.1 Å². The highest BCUT2D eigenvalue weighted by molar-refractivity contribution is 7.80. The van der Waals surface area contributed by atoms with Gasteiger partial charge in [0, 0.05) is 20.0 Å². The molecule has 0 aliphatic carbocycles. The monoisotopic (exact) mass is 277 g/mol. The van der Waals surface area contributed by atoms with Gasteiger partial charge in [0.25, 0.3) is 0 Å². The normalized spacial score (nSPS) is 11.4. The van der Waals surface area contributed by atoms with E-state index in [9.17, 15) is 18.0 Å².